The average Bonchev–Trinajstić information content (AvgIpc) is 2.09. The molecule has 0 spiro atoms. The summed E-state index contributed by atoms with van der Waals surface area (Å²) in [5.74, 6) is -2.77. The van der Waals surface area contributed by atoms with Crippen LogP contribution in [0.3, 0.4) is 0 Å². The maximum Gasteiger partial charge on any atom is 0.152 e. The Balaban J connectivity index is 2.85. The van der Waals surface area contributed by atoms with E-state index in [2.05, 4.69) is 5.32 Å². The van der Waals surface area contributed by atoms with E-state index in [-0.39, 0.29) is 5.69 Å². The molecule has 0 aliphatic heterocycles. The number of hydrogen-bond donors (Lipinski definition) is 1. The molecule has 0 bridgehead atoms. The Labute approximate surface area is 80.2 Å². The van der Waals surface area contributed by atoms with Gasteiger partial charge in [-0.25, -0.2) is 13.2 Å². The fourth-order valence-electron chi connectivity index (χ4n) is 0.990. The first-order valence-corrected chi connectivity index (χ1v) is 4.14. The predicted octanol–water partition coefficient (Wildman–Crippen LogP) is 3.09. The number of halogens is 3. The van der Waals surface area contributed by atoms with Crippen molar-refractivity contribution in [3.05, 3.63) is 41.7 Å². The third kappa shape index (κ3) is 2.52. The van der Waals surface area contributed by atoms with Crippen LogP contribution in [-0.2, 0) is 0 Å². The summed E-state index contributed by atoms with van der Waals surface area (Å²) in [7, 11) is 0. The van der Waals surface area contributed by atoms with Crippen LogP contribution in [0.15, 0.2) is 24.3 Å². The summed E-state index contributed by atoms with van der Waals surface area (Å²) in [5.41, 5.74) is -0.301. The summed E-state index contributed by atoms with van der Waals surface area (Å²) in [6.45, 7) is 2.09. The molecular weight excluding hydrogens is 191 g/mol. The van der Waals surface area contributed by atoms with Crippen molar-refractivity contribution in [1.82, 2.24) is 0 Å². The number of allylic oxidation sites excluding steroid dienone is 1. The van der Waals surface area contributed by atoms with Gasteiger partial charge in [-0.2, -0.15) is 0 Å². The zero-order valence-corrected chi connectivity index (χ0v) is 7.65. The molecule has 0 saturated carbocycles. The van der Waals surface area contributed by atoms with Crippen LogP contribution in [-0.4, -0.2) is 6.54 Å². The Morgan fingerprint density at radius 1 is 1.21 bits per heavy atom. The molecule has 0 amide bonds. The minimum Gasteiger partial charge on any atom is -0.377 e. The lowest BCUT2D eigenvalue weighted by Gasteiger charge is -2.06. The summed E-state index contributed by atoms with van der Waals surface area (Å²) in [5, 5.41) is 2.51. The van der Waals surface area contributed by atoms with Crippen molar-refractivity contribution < 1.29 is 13.2 Å². The van der Waals surface area contributed by atoms with Gasteiger partial charge < -0.3 is 5.32 Å². The molecule has 0 saturated heterocycles. The Hall–Kier alpha value is -1.45. The highest BCUT2D eigenvalue weighted by atomic mass is 19.1. The third-order valence-corrected chi connectivity index (χ3v) is 1.64. The van der Waals surface area contributed by atoms with Crippen LogP contribution in [0.25, 0.3) is 0 Å². The fourth-order valence-corrected chi connectivity index (χ4v) is 0.990. The fraction of sp³-hybridized carbons (Fsp3) is 0.200. The van der Waals surface area contributed by atoms with Crippen LogP contribution in [0.1, 0.15) is 6.92 Å². The van der Waals surface area contributed by atoms with Gasteiger partial charge in [-0.15, -0.1) is 0 Å². The molecule has 0 heterocycles. The third-order valence-electron chi connectivity index (χ3n) is 1.64. The monoisotopic (exact) mass is 201 g/mol. The Morgan fingerprint density at radius 2 is 1.79 bits per heavy atom. The molecule has 14 heavy (non-hydrogen) atoms. The second-order valence-corrected chi connectivity index (χ2v) is 2.69. The summed E-state index contributed by atoms with van der Waals surface area (Å²) in [4.78, 5) is 0. The predicted molar refractivity (Wildman–Crippen MR) is 49.6 cm³/mol. The van der Waals surface area contributed by atoms with Gasteiger partial charge in [-0.3, -0.25) is 0 Å². The molecule has 1 aromatic rings. The largest absolute Gasteiger partial charge is 0.377 e. The minimum atomic E-state index is -0.924. The maximum absolute atomic E-state index is 13.0. The number of hydrogen-bond acceptors (Lipinski definition) is 1. The Morgan fingerprint density at radius 3 is 2.29 bits per heavy atom. The molecule has 0 unspecified atom stereocenters. The SMILES string of the molecule is C/C=C/CNc1c(F)cc(F)cc1F. The van der Waals surface area contributed by atoms with E-state index in [0.717, 1.165) is 0 Å². The molecule has 1 aromatic carbocycles. The summed E-state index contributed by atoms with van der Waals surface area (Å²) in [6, 6.07) is 1.28. The molecule has 1 N–H and O–H groups in total. The van der Waals surface area contributed by atoms with Crippen LogP contribution < -0.4 is 5.32 Å². The van der Waals surface area contributed by atoms with E-state index in [0.29, 0.717) is 18.7 Å². The first-order chi connectivity index (χ1) is 6.65. The van der Waals surface area contributed by atoms with Crippen LogP contribution in [0, 0.1) is 17.5 Å². The first-order valence-electron chi connectivity index (χ1n) is 4.14. The lowest BCUT2D eigenvalue weighted by atomic mass is 10.2. The van der Waals surface area contributed by atoms with E-state index in [1.54, 1.807) is 19.1 Å². The Kier molecular flexibility index (Phi) is 3.56. The topological polar surface area (TPSA) is 12.0 Å². The molecule has 4 heteroatoms. The summed E-state index contributed by atoms with van der Waals surface area (Å²) in [6.07, 6.45) is 3.44. The number of benzene rings is 1. The molecule has 0 aliphatic rings. The van der Waals surface area contributed by atoms with Crippen molar-refractivity contribution >= 4 is 5.69 Å². The van der Waals surface area contributed by atoms with E-state index in [1.807, 2.05) is 0 Å². The van der Waals surface area contributed by atoms with Gasteiger partial charge in [0.1, 0.15) is 11.5 Å². The standard InChI is InChI=1S/C10H10F3N/c1-2-3-4-14-10-8(12)5-7(11)6-9(10)13/h2-3,5-6,14H,4H2,1H3/b3-2+. The maximum atomic E-state index is 13.0. The van der Waals surface area contributed by atoms with E-state index < -0.39 is 17.5 Å². The van der Waals surface area contributed by atoms with Gasteiger partial charge in [0.05, 0.1) is 0 Å². The minimum absolute atomic E-state index is 0.301. The van der Waals surface area contributed by atoms with Crippen molar-refractivity contribution in [3.8, 4) is 0 Å². The van der Waals surface area contributed by atoms with E-state index in [9.17, 15) is 13.2 Å². The second kappa shape index (κ2) is 4.69. The van der Waals surface area contributed by atoms with Gasteiger partial charge in [0.2, 0.25) is 0 Å². The van der Waals surface area contributed by atoms with Gasteiger partial charge in [0.15, 0.2) is 11.6 Å². The van der Waals surface area contributed by atoms with Crippen LogP contribution in [0.5, 0.6) is 0 Å². The molecule has 1 nitrogen and oxygen atoms in total. The number of anilines is 1. The van der Waals surface area contributed by atoms with Crippen molar-refractivity contribution in [2.24, 2.45) is 0 Å². The summed E-state index contributed by atoms with van der Waals surface area (Å²) >= 11 is 0. The van der Waals surface area contributed by atoms with Crippen molar-refractivity contribution in [2.75, 3.05) is 11.9 Å². The Bertz CT molecular complexity index is 324. The number of nitrogens with one attached hydrogen (secondary N) is 1. The van der Waals surface area contributed by atoms with Crippen molar-refractivity contribution in [2.45, 2.75) is 6.92 Å². The molecule has 0 atom stereocenters. The second-order valence-electron chi connectivity index (χ2n) is 2.69. The smallest absolute Gasteiger partial charge is 0.152 e. The van der Waals surface area contributed by atoms with Gasteiger partial charge in [-0.05, 0) is 6.92 Å². The molecule has 0 radical (unpaired) electrons. The molecule has 0 fully saturated rings. The number of rotatable bonds is 3. The molecule has 1 rings (SSSR count). The molecule has 0 aliphatic carbocycles. The zero-order valence-electron chi connectivity index (χ0n) is 7.65. The highest BCUT2D eigenvalue weighted by molar-refractivity contribution is 5.46. The van der Waals surface area contributed by atoms with Crippen LogP contribution in [0.4, 0.5) is 18.9 Å². The average molecular weight is 201 g/mol. The lowest BCUT2D eigenvalue weighted by Crippen LogP contribution is -2.03. The van der Waals surface area contributed by atoms with Gasteiger partial charge in [0.25, 0.3) is 0 Å². The quantitative estimate of drug-likeness (QED) is 0.741. The molecule has 0 aromatic heterocycles. The lowest BCUT2D eigenvalue weighted by molar-refractivity contribution is 0.548. The first kappa shape index (κ1) is 10.6. The van der Waals surface area contributed by atoms with Gasteiger partial charge >= 0.3 is 0 Å². The van der Waals surface area contributed by atoms with E-state index in [4.69, 9.17) is 0 Å². The highest BCUT2D eigenvalue weighted by Gasteiger charge is 2.09. The van der Waals surface area contributed by atoms with Crippen molar-refractivity contribution in [3.63, 3.8) is 0 Å². The van der Waals surface area contributed by atoms with Gasteiger partial charge in [0, 0.05) is 18.7 Å². The van der Waals surface area contributed by atoms with E-state index >= 15 is 0 Å². The van der Waals surface area contributed by atoms with E-state index in [1.165, 1.54) is 0 Å². The highest BCUT2D eigenvalue weighted by Crippen LogP contribution is 2.19. The summed E-state index contributed by atoms with van der Waals surface area (Å²) < 4.78 is 38.4. The van der Waals surface area contributed by atoms with Crippen LogP contribution >= 0.6 is 0 Å². The molecule has 76 valence electrons. The molecular formula is C10H10F3N. The van der Waals surface area contributed by atoms with Crippen LogP contribution in [0.2, 0.25) is 0 Å². The van der Waals surface area contributed by atoms with Gasteiger partial charge in [-0.1, -0.05) is 12.2 Å². The normalized spacial score (nSPS) is 10.9. The zero-order chi connectivity index (χ0) is 10.6. The van der Waals surface area contributed by atoms with Crippen molar-refractivity contribution in [1.29, 1.82) is 0 Å².